The quantitative estimate of drug-likeness (QED) is 0.209. The van der Waals surface area contributed by atoms with Crippen molar-refractivity contribution in [2.75, 3.05) is 13.2 Å². The van der Waals surface area contributed by atoms with Crippen molar-refractivity contribution in [1.29, 1.82) is 0 Å². The minimum Gasteiger partial charge on any atom is -0.465 e. The largest absolute Gasteiger partial charge is 0.465 e. The molecule has 4 nitrogen and oxygen atoms in total. The van der Waals surface area contributed by atoms with Crippen LogP contribution in [0.2, 0.25) is 0 Å². The van der Waals surface area contributed by atoms with Crippen LogP contribution in [0.15, 0.2) is 59.0 Å². The second-order valence-electron chi connectivity index (χ2n) is 13.1. The maximum atomic E-state index is 13.2. The first-order valence-corrected chi connectivity index (χ1v) is 13.7. The molecular weight excluding hydrogens is 460 g/mol. The van der Waals surface area contributed by atoms with E-state index in [9.17, 15) is 9.90 Å². The fraction of sp³-hybridized carbons (Fsp3) is 0.545. The van der Waals surface area contributed by atoms with Crippen molar-refractivity contribution in [1.82, 2.24) is 0 Å². The van der Waals surface area contributed by atoms with E-state index < -0.39 is 5.41 Å². The second kappa shape index (κ2) is 11.9. The average Bonchev–Trinajstić information content (AvgIpc) is 3.25. The van der Waals surface area contributed by atoms with Crippen molar-refractivity contribution in [3.8, 4) is 11.3 Å². The van der Waals surface area contributed by atoms with Gasteiger partial charge in [0.25, 0.3) is 0 Å². The van der Waals surface area contributed by atoms with Crippen molar-refractivity contribution >= 4 is 16.9 Å². The van der Waals surface area contributed by atoms with Crippen molar-refractivity contribution in [2.24, 2.45) is 22.2 Å². The molecule has 0 radical (unpaired) electrons. The second-order valence-corrected chi connectivity index (χ2v) is 13.1. The van der Waals surface area contributed by atoms with Crippen LogP contribution in [0.4, 0.5) is 0 Å². The van der Waals surface area contributed by atoms with E-state index >= 15 is 0 Å². The molecule has 2 atom stereocenters. The molecule has 0 aliphatic heterocycles. The van der Waals surface area contributed by atoms with E-state index in [0.29, 0.717) is 0 Å². The van der Waals surface area contributed by atoms with Crippen molar-refractivity contribution in [3.63, 3.8) is 0 Å². The third-order valence-corrected chi connectivity index (χ3v) is 7.67. The topological polar surface area (TPSA) is 59.7 Å². The molecule has 2 unspecified atom stereocenters. The lowest BCUT2D eigenvalue weighted by molar-refractivity contribution is -0.166. The molecule has 0 aliphatic carbocycles. The summed E-state index contributed by atoms with van der Waals surface area (Å²) in [6.45, 7) is 15.1. The van der Waals surface area contributed by atoms with Crippen LogP contribution in [0.1, 0.15) is 79.7 Å². The van der Waals surface area contributed by atoms with Crippen LogP contribution in [0.5, 0.6) is 0 Å². The molecule has 0 spiro atoms. The zero-order valence-electron chi connectivity index (χ0n) is 23.9. The predicted octanol–water partition coefficient (Wildman–Crippen LogP) is 8.45. The van der Waals surface area contributed by atoms with E-state index in [1.807, 2.05) is 25.1 Å². The molecule has 2 aromatic carbocycles. The summed E-state index contributed by atoms with van der Waals surface area (Å²) < 4.78 is 11.9. The SMILES string of the molecule is CC(C)(C)CC(C)(C(=O)OCC(CO)CCCCc1ccc2cc(-c3ccccc3)oc2c1)C(C)(C)C. The summed E-state index contributed by atoms with van der Waals surface area (Å²) in [6, 6.07) is 18.7. The average molecular weight is 507 g/mol. The van der Waals surface area contributed by atoms with Gasteiger partial charge in [-0.25, -0.2) is 0 Å². The summed E-state index contributed by atoms with van der Waals surface area (Å²) in [7, 11) is 0. The molecule has 4 heteroatoms. The molecule has 0 fully saturated rings. The smallest absolute Gasteiger partial charge is 0.312 e. The minimum absolute atomic E-state index is 0.0131. The van der Waals surface area contributed by atoms with E-state index in [4.69, 9.17) is 9.15 Å². The van der Waals surface area contributed by atoms with E-state index in [-0.39, 0.29) is 35.9 Å². The van der Waals surface area contributed by atoms with E-state index in [1.165, 1.54) is 5.56 Å². The number of ether oxygens (including phenoxy) is 1. The van der Waals surface area contributed by atoms with Crippen LogP contribution in [-0.4, -0.2) is 24.3 Å². The molecule has 1 heterocycles. The first-order valence-electron chi connectivity index (χ1n) is 13.7. The zero-order valence-corrected chi connectivity index (χ0v) is 23.9. The number of aliphatic hydroxyl groups excluding tert-OH is 1. The van der Waals surface area contributed by atoms with Gasteiger partial charge in [-0.2, -0.15) is 0 Å². The third kappa shape index (κ3) is 7.70. The third-order valence-electron chi connectivity index (χ3n) is 7.67. The molecule has 1 aromatic heterocycles. The van der Waals surface area contributed by atoms with Gasteiger partial charge in [0.15, 0.2) is 0 Å². The highest BCUT2D eigenvalue weighted by Gasteiger charge is 2.47. The highest BCUT2D eigenvalue weighted by Crippen LogP contribution is 2.47. The molecular formula is C33H46O4. The first-order chi connectivity index (χ1) is 17.3. The number of fused-ring (bicyclic) bond motifs is 1. The van der Waals surface area contributed by atoms with Gasteiger partial charge < -0.3 is 14.3 Å². The Hall–Kier alpha value is -2.59. The minimum atomic E-state index is -0.587. The summed E-state index contributed by atoms with van der Waals surface area (Å²) in [5.41, 5.74) is 2.45. The molecule has 202 valence electrons. The number of hydrogen-bond donors (Lipinski definition) is 1. The number of carbonyl (C=O) groups is 1. The van der Waals surface area contributed by atoms with Crippen molar-refractivity contribution in [3.05, 3.63) is 60.2 Å². The van der Waals surface area contributed by atoms with Gasteiger partial charge in [-0.05, 0) is 61.1 Å². The number of aryl methyl sites for hydroxylation is 1. The first kappa shape index (κ1) is 29.0. The Bertz CT molecular complexity index is 1150. The lowest BCUT2D eigenvalue weighted by atomic mass is 9.61. The fourth-order valence-electron chi connectivity index (χ4n) is 5.02. The zero-order chi connectivity index (χ0) is 27.3. The van der Waals surface area contributed by atoms with Crippen LogP contribution in [-0.2, 0) is 16.0 Å². The summed E-state index contributed by atoms with van der Waals surface area (Å²) in [4.78, 5) is 13.2. The van der Waals surface area contributed by atoms with Gasteiger partial charge in [-0.1, -0.05) is 90.4 Å². The summed E-state index contributed by atoms with van der Waals surface area (Å²) >= 11 is 0. The number of esters is 1. The molecule has 0 aliphatic rings. The van der Waals surface area contributed by atoms with Gasteiger partial charge in [0.05, 0.1) is 12.0 Å². The standard InChI is InChI=1S/C33H46O4/c1-31(2,3)23-33(7,32(4,5)6)30(35)36-22-25(21-34)14-12-11-13-24-17-18-27-20-29(37-28(27)19-24)26-15-9-8-10-16-26/h8-10,15-20,25,34H,11-14,21-23H2,1-7H3. The highest BCUT2D eigenvalue weighted by molar-refractivity contribution is 5.83. The van der Waals surface area contributed by atoms with E-state index in [1.54, 1.807) is 0 Å². The number of rotatable bonds is 11. The Kier molecular flexibility index (Phi) is 9.28. The number of aliphatic hydroxyl groups is 1. The van der Waals surface area contributed by atoms with E-state index in [2.05, 4.69) is 77.9 Å². The van der Waals surface area contributed by atoms with Gasteiger partial charge >= 0.3 is 5.97 Å². The summed E-state index contributed by atoms with van der Waals surface area (Å²) in [5.74, 6) is 0.692. The Labute approximate surface area is 223 Å². The predicted molar refractivity (Wildman–Crippen MR) is 152 cm³/mol. The lowest BCUT2D eigenvalue weighted by Gasteiger charge is -2.43. The molecule has 0 bridgehead atoms. The van der Waals surface area contributed by atoms with Crippen LogP contribution >= 0.6 is 0 Å². The molecule has 3 rings (SSSR count). The number of benzene rings is 2. The van der Waals surface area contributed by atoms with Crippen LogP contribution in [0.3, 0.4) is 0 Å². The molecule has 37 heavy (non-hydrogen) atoms. The number of hydrogen-bond acceptors (Lipinski definition) is 4. The Morgan fingerprint density at radius 2 is 1.65 bits per heavy atom. The normalized spacial score (nSPS) is 14.9. The van der Waals surface area contributed by atoms with E-state index in [0.717, 1.165) is 54.4 Å². The maximum Gasteiger partial charge on any atom is 0.312 e. The molecule has 3 aromatic rings. The van der Waals surface area contributed by atoms with Crippen LogP contribution in [0.25, 0.3) is 22.3 Å². The molecule has 0 saturated heterocycles. The van der Waals surface area contributed by atoms with Gasteiger partial charge in [0.1, 0.15) is 11.3 Å². The Balaban J connectivity index is 1.50. The van der Waals surface area contributed by atoms with Gasteiger partial charge in [-0.3, -0.25) is 4.79 Å². The van der Waals surface area contributed by atoms with Crippen LogP contribution < -0.4 is 0 Å². The van der Waals surface area contributed by atoms with Crippen molar-refractivity contribution in [2.45, 2.75) is 80.6 Å². The highest BCUT2D eigenvalue weighted by atomic mass is 16.5. The van der Waals surface area contributed by atoms with Crippen LogP contribution in [0, 0.1) is 22.2 Å². The number of carbonyl (C=O) groups excluding carboxylic acids is 1. The monoisotopic (exact) mass is 506 g/mol. The van der Waals surface area contributed by atoms with Gasteiger partial charge in [0.2, 0.25) is 0 Å². The van der Waals surface area contributed by atoms with Crippen molar-refractivity contribution < 1.29 is 19.1 Å². The Morgan fingerprint density at radius 1 is 0.946 bits per heavy atom. The number of unbranched alkanes of at least 4 members (excludes halogenated alkanes) is 1. The summed E-state index contributed by atoms with van der Waals surface area (Å²) in [5, 5.41) is 11.0. The lowest BCUT2D eigenvalue weighted by Crippen LogP contribution is -2.44. The molecule has 1 N–H and O–H groups in total. The summed E-state index contributed by atoms with van der Waals surface area (Å²) in [6.07, 6.45) is 4.50. The fourth-order valence-corrected chi connectivity index (χ4v) is 5.02. The van der Waals surface area contributed by atoms with Gasteiger partial charge in [0, 0.05) is 23.5 Å². The Morgan fingerprint density at radius 3 is 2.27 bits per heavy atom. The maximum absolute atomic E-state index is 13.2. The molecule has 0 saturated carbocycles. The number of furan rings is 1. The molecule has 0 amide bonds. The van der Waals surface area contributed by atoms with Gasteiger partial charge in [-0.15, -0.1) is 0 Å².